The molecule has 0 aliphatic carbocycles. The Balaban J connectivity index is 1.22. The molecule has 3 aromatic heterocycles. The van der Waals surface area contributed by atoms with Crippen molar-refractivity contribution in [2.24, 2.45) is 0 Å². The third-order valence-electron chi connectivity index (χ3n) is 10.3. The maximum Gasteiger partial charge on any atom is 0.235 e. The summed E-state index contributed by atoms with van der Waals surface area (Å²) in [6, 6.07) is 58.6. The van der Waals surface area contributed by atoms with Crippen LogP contribution in [0.2, 0.25) is 0 Å². The van der Waals surface area contributed by atoms with Gasteiger partial charge in [-0.25, -0.2) is 9.97 Å². The van der Waals surface area contributed by atoms with Crippen LogP contribution < -0.4 is 0 Å². The van der Waals surface area contributed by atoms with Crippen molar-refractivity contribution in [1.29, 1.82) is 0 Å². The first-order valence-electron chi connectivity index (χ1n) is 17.0. The van der Waals surface area contributed by atoms with E-state index in [4.69, 9.17) is 9.97 Å². The molecule has 0 fully saturated rings. The van der Waals surface area contributed by atoms with E-state index in [-0.39, 0.29) is 0 Å². The Labute approximate surface area is 287 Å². The SMILES string of the molecule is c1ccc(-c2cccc(-n3c4ccccc4c4cc5c(cc43)c3ccccc3n5-c3ncc4c5ccccc5c5ccccc5c4n3)c2)cc1. The summed E-state index contributed by atoms with van der Waals surface area (Å²) in [5.74, 6) is 0.669. The van der Waals surface area contributed by atoms with E-state index in [0.717, 1.165) is 33.0 Å². The van der Waals surface area contributed by atoms with Crippen molar-refractivity contribution in [2.75, 3.05) is 0 Å². The van der Waals surface area contributed by atoms with E-state index in [1.54, 1.807) is 0 Å². The predicted octanol–water partition coefficient (Wildman–Crippen LogP) is 11.8. The molecule has 0 saturated carbocycles. The van der Waals surface area contributed by atoms with Crippen LogP contribution in [0.25, 0.3) is 98.8 Å². The highest BCUT2D eigenvalue weighted by Gasteiger charge is 2.20. The molecule has 0 amide bonds. The van der Waals surface area contributed by atoms with Crippen LogP contribution in [0.4, 0.5) is 0 Å². The van der Waals surface area contributed by atoms with E-state index >= 15 is 0 Å². The van der Waals surface area contributed by atoms with Crippen molar-refractivity contribution in [3.05, 3.63) is 170 Å². The van der Waals surface area contributed by atoms with Gasteiger partial charge in [0.25, 0.3) is 0 Å². The minimum Gasteiger partial charge on any atom is -0.309 e. The van der Waals surface area contributed by atoms with E-state index < -0.39 is 0 Å². The molecule has 0 N–H and O–H groups in total. The largest absolute Gasteiger partial charge is 0.309 e. The Morgan fingerprint density at radius 3 is 1.56 bits per heavy atom. The molecule has 11 aromatic rings. The van der Waals surface area contributed by atoms with Gasteiger partial charge in [0, 0.05) is 44.2 Å². The monoisotopic (exact) mass is 636 g/mol. The van der Waals surface area contributed by atoms with Gasteiger partial charge in [-0.2, -0.15) is 0 Å². The molecule has 0 atom stereocenters. The molecule has 0 unspecified atom stereocenters. The van der Waals surface area contributed by atoms with Crippen LogP contribution in [-0.4, -0.2) is 19.1 Å². The van der Waals surface area contributed by atoms with E-state index in [9.17, 15) is 0 Å². The zero-order chi connectivity index (χ0) is 32.8. The fraction of sp³-hybridized carbons (Fsp3) is 0. The first-order chi connectivity index (χ1) is 24.8. The molecule has 4 nitrogen and oxygen atoms in total. The molecule has 0 radical (unpaired) electrons. The quantitative estimate of drug-likeness (QED) is 0.181. The minimum atomic E-state index is 0.669. The summed E-state index contributed by atoms with van der Waals surface area (Å²) in [7, 11) is 0. The summed E-state index contributed by atoms with van der Waals surface area (Å²) in [4.78, 5) is 10.5. The lowest BCUT2D eigenvalue weighted by Gasteiger charge is -2.12. The lowest BCUT2D eigenvalue weighted by Crippen LogP contribution is -2.01. The fourth-order valence-corrected chi connectivity index (χ4v) is 8.14. The number of hydrogen-bond donors (Lipinski definition) is 0. The maximum atomic E-state index is 5.38. The fourth-order valence-electron chi connectivity index (χ4n) is 8.14. The highest BCUT2D eigenvalue weighted by atomic mass is 15.2. The third-order valence-corrected chi connectivity index (χ3v) is 10.3. The topological polar surface area (TPSA) is 35.6 Å². The van der Waals surface area contributed by atoms with Crippen molar-refractivity contribution in [2.45, 2.75) is 0 Å². The van der Waals surface area contributed by atoms with Crippen LogP contribution in [0.3, 0.4) is 0 Å². The normalized spacial score (nSPS) is 12.0. The van der Waals surface area contributed by atoms with E-state index in [1.807, 2.05) is 6.20 Å². The molecule has 3 heterocycles. The summed E-state index contributed by atoms with van der Waals surface area (Å²) in [5.41, 5.74) is 9.02. The lowest BCUT2D eigenvalue weighted by atomic mass is 9.98. The minimum absolute atomic E-state index is 0.669. The van der Waals surface area contributed by atoms with Crippen LogP contribution in [0.15, 0.2) is 170 Å². The molecule has 232 valence electrons. The van der Waals surface area contributed by atoms with E-state index in [1.165, 1.54) is 59.9 Å². The van der Waals surface area contributed by atoms with Gasteiger partial charge in [0.1, 0.15) is 0 Å². The van der Waals surface area contributed by atoms with Crippen LogP contribution >= 0.6 is 0 Å². The second-order valence-electron chi connectivity index (χ2n) is 13.0. The number of para-hydroxylation sites is 2. The smallest absolute Gasteiger partial charge is 0.235 e. The Hall–Kier alpha value is -6.78. The van der Waals surface area contributed by atoms with Crippen LogP contribution in [-0.2, 0) is 0 Å². The third kappa shape index (κ3) is 3.81. The van der Waals surface area contributed by atoms with Gasteiger partial charge >= 0.3 is 0 Å². The van der Waals surface area contributed by atoms with Gasteiger partial charge in [-0.05, 0) is 63.7 Å². The Bertz CT molecular complexity index is 3110. The molecule has 50 heavy (non-hydrogen) atoms. The van der Waals surface area contributed by atoms with E-state index in [0.29, 0.717) is 5.95 Å². The second kappa shape index (κ2) is 10.4. The molecule has 0 aliphatic rings. The maximum absolute atomic E-state index is 5.38. The molecule has 0 aliphatic heterocycles. The van der Waals surface area contributed by atoms with Crippen molar-refractivity contribution in [3.8, 4) is 22.8 Å². The van der Waals surface area contributed by atoms with Gasteiger partial charge in [-0.15, -0.1) is 0 Å². The van der Waals surface area contributed by atoms with Gasteiger partial charge in [-0.1, -0.05) is 127 Å². The summed E-state index contributed by atoms with van der Waals surface area (Å²) in [6.45, 7) is 0. The molecule has 8 aromatic carbocycles. The zero-order valence-corrected chi connectivity index (χ0v) is 27.0. The second-order valence-corrected chi connectivity index (χ2v) is 13.0. The highest BCUT2D eigenvalue weighted by molar-refractivity contribution is 6.24. The zero-order valence-electron chi connectivity index (χ0n) is 27.0. The number of nitrogens with zero attached hydrogens (tertiary/aromatic N) is 4. The molecule has 0 spiro atoms. The van der Waals surface area contributed by atoms with E-state index in [2.05, 4.69) is 173 Å². The van der Waals surface area contributed by atoms with Gasteiger partial charge in [0.2, 0.25) is 5.95 Å². The Morgan fingerprint density at radius 1 is 0.340 bits per heavy atom. The standard InChI is InChI=1S/C46H28N4/c1-2-13-29(14-3-1)30-15-12-16-31(25-30)49-41-23-10-8-20-35(41)38-27-44-39(26-43(38)49)36-21-9-11-24-42(36)50(44)46-47-28-40-34-19-5-4-17-32(34)33-18-6-7-22-37(33)45(40)48-46/h1-28H. The molecule has 4 heteroatoms. The van der Waals surface area contributed by atoms with Gasteiger partial charge in [0.05, 0.1) is 27.6 Å². The van der Waals surface area contributed by atoms with Crippen LogP contribution in [0, 0.1) is 0 Å². The molecular weight excluding hydrogens is 609 g/mol. The molecule has 0 bridgehead atoms. The number of aromatic nitrogens is 4. The van der Waals surface area contributed by atoms with Crippen molar-refractivity contribution in [1.82, 2.24) is 19.1 Å². The highest BCUT2D eigenvalue weighted by Crippen LogP contribution is 2.40. The first-order valence-corrected chi connectivity index (χ1v) is 17.0. The van der Waals surface area contributed by atoms with Crippen molar-refractivity contribution in [3.63, 3.8) is 0 Å². The van der Waals surface area contributed by atoms with Crippen molar-refractivity contribution < 1.29 is 0 Å². The lowest BCUT2D eigenvalue weighted by molar-refractivity contribution is 1.01. The van der Waals surface area contributed by atoms with Gasteiger partial charge in [0.15, 0.2) is 0 Å². The predicted molar refractivity (Wildman–Crippen MR) is 209 cm³/mol. The molecular formula is C46H28N4. The Morgan fingerprint density at radius 2 is 0.860 bits per heavy atom. The number of hydrogen-bond acceptors (Lipinski definition) is 2. The van der Waals surface area contributed by atoms with Crippen LogP contribution in [0.1, 0.15) is 0 Å². The first kappa shape index (κ1) is 27.2. The average molecular weight is 637 g/mol. The summed E-state index contributed by atoms with van der Waals surface area (Å²) >= 11 is 0. The van der Waals surface area contributed by atoms with Gasteiger partial charge in [-0.3, -0.25) is 4.57 Å². The van der Waals surface area contributed by atoms with Gasteiger partial charge < -0.3 is 4.57 Å². The number of benzene rings is 8. The summed E-state index contributed by atoms with van der Waals surface area (Å²) < 4.78 is 4.65. The summed E-state index contributed by atoms with van der Waals surface area (Å²) in [6.07, 6.45) is 2.01. The molecule has 0 saturated heterocycles. The van der Waals surface area contributed by atoms with Crippen LogP contribution in [0.5, 0.6) is 0 Å². The molecule has 11 rings (SSSR count). The number of rotatable bonds is 3. The number of fused-ring (bicyclic) bond motifs is 12. The van der Waals surface area contributed by atoms with Crippen molar-refractivity contribution >= 4 is 76.1 Å². The average Bonchev–Trinajstić information content (AvgIpc) is 3.69. The summed E-state index contributed by atoms with van der Waals surface area (Å²) in [5, 5.41) is 10.5. The Kier molecular flexibility index (Phi) is 5.63.